The van der Waals surface area contributed by atoms with Gasteiger partial charge in [0.15, 0.2) is 18.1 Å². The zero-order valence-corrected chi connectivity index (χ0v) is 14.8. The van der Waals surface area contributed by atoms with E-state index in [1.165, 1.54) is 13.2 Å². The Balaban J connectivity index is 2.05. The van der Waals surface area contributed by atoms with E-state index in [2.05, 4.69) is 0 Å². The molecule has 1 aromatic carbocycles. The Kier molecular flexibility index (Phi) is 6.03. The Morgan fingerprint density at radius 2 is 2.12 bits per heavy atom. The molecule has 2 amide bonds. The minimum Gasteiger partial charge on any atom is -0.493 e. The van der Waals surface area contributed by atoms with Crippen molar-refractivity contribution in [3.05, 3.63) is 29.8 Å². The van der Waals surface area contributed by atoms with Crippen molar-refractivity contribution in [2.45, 2.75) is 19.4 Å². The maximum atomic E-state index is 12.3. The standard InChI is InChI=1S/C18H24N2O5/c1-18(2)12-20(8-9-25-18)17(22)7-5-13-4-6-14(15(10-13)23-3)24-11-16(19)21/h4-7,10H,8-9,11-12H2,1-3H3,(H2,19,21)/b7-5+. The molecule has 25 heavy (non-hydrogen) atoms. The van der Waals surface area contributed by atoms with E-state index >= 15 is 0 Å². The van der Waals surface area contributed by atoms with Crippen molar-refractivity contribution in [2.24, 2.45) is 5.73 Å². The second kappa shape index (κ2) is 8.02. The quantitative estimate of drug-likeness (QED) is 0.780. The summed E-state index contributed by atoms with van der Waals surface area (Å²) in [4.78, 5) is 24.9. The third-order valence-electron chi connectivity index (χ3n) is 3.71. The number of nitrogens with two attached hydrogens (primary N) is 1. The van der Waals surface area contributed by atoms with Crippen LogP contribution in [0.5, 0.6) is 11.5 Å². The number of amides is 2. The number of benzene rings is 1. The third kappa shape index (κ3) is 5.49. The van der Waals surface area contributed by atoms with E-state index in [-0.39, 0.29) is 18.1 Å². The van der Waals surface area contributed by atoms with Gasteiger partial charge >= 0.3 is 0 Å². The number of carbonyl (C=O) groups is 2. The number of nitrogens with zero attached hydrogens (tertiary/aromatic N) is 1. The van der Waals surface area contributed by atoms with Crippen molar-refractivity contribution in [2.75, 3.05) is 33.4 Å². The summed E-state index contributed by atoms with van der Waals surface area (Å²) in [5.41, 5.74) is 5.52. The molecule has 2 N–H and O–H groups in total. The number of methoxy groups -OCH3 is 1. The average molecular weight is 348 g/mol. The van der Waals surface area contributed by atoms with E-state index in [4.69, 9.17) is 19.9 Å². The molecule has 1 heterocycles. The maximum Gasteiger partial charge on any atom is 0.255 e. The molecule has 0 unspecified atom stereocenters. The number of carbonyl (C=O) groups excluding carboxylic acids is 2. The smallest absolute Gasteiger partial charge is 0.255 e. The Bertz CT molecular complexity index is 669. The summed E-state index contributed by atoms with van der Waals surface area (Å²) < 4.78 is 16.1. The lowest BCUT2D eigenvalue weighted by molar-refractivity contribution is -0.140. The molecule has 0 spiro atoms. The monoisotopic (exact) mass is 348 g/mol. The van der Waals surface area contributed by atoms with Gasteiger partial charge in [-0.1, -0.05) is 6.07 Å². The van der Waals surface area contributed by atoms with E-state index in [0.29, 0.717) is 31.2 Å². The van der Waals surface area contributed by atoms with Crippen LogP contribution in [-0.2, 0) is 14.3 Å². The van der Waals surface area contributed by atoms with Crippen LogP contribution in [0.15, 0.2) is 24.3 Å². The summed E-state index contributed by atoms with van der Waals surface area (Å²) in [6.45, 7) is 5.37. The van der Waals surface area contributed by atoms with Crippen molar-refractivity contribution in [1.29, 1.82) is 0 Å². The van der Waals surface area contributed by atoms with Crippen LogP contribution in [0.4, 0.5) is 0 Å². The van der Waals surface area contributed by atoms with Crippen LogP contribution < -0.4 is 15.2 Å². The fraction of sp³-hybridized carbons (Fsp3) is 0.444. The summed E-state index contributed by atoms with van der Waals surface area (Å²) in [6, 6.07) is 5.17. The first kappa shape index (κ1) is 18.8. The molecule has 0 aromatic heterocycles. The van der Waals surface area contributed by atoms with Gasteiger partial charge in [-0.2, -0.15) is 0 Å². The van der Waals surface area contributed by atoms with Crippen LogP contribution in [0.2, 0.25) is 0 Å². The fourth-order valence-electron chi connectivity index (χ4n) is 2.53. The molecule has 0 saturated carbocycles. The van der Waals surface area contributed by atoms with Crippen LogP contribution >= 0.6 is 0 Å². The summed E-state index contributed by atoms with van der Waals surface area (Å²) in [5, 5.41) is 0. The highest BCUT2D eigenvalue weighted by Crippen LogP contribution is 2.28. The molecule has 0 aliphatic carbocycles. The Hall–Kier alpha value is -2.54. The largest absolute Gasteiger partial charge is 0.493 e. The molecule has 1 fully saturated rings. The normalized spacial score (nSPS) is 16.7. The van der Waals surface area contributed by atoms with Crippen LogP contribution in [0.1, 0.15) is 19.4 Å². The van der Waals surface area contributed by atoms with Crippen molar-refractivity contribution < 1.29 is 23.8 Å². The second-order valence-electron chi connectivity index (χ2n) is 6.37. The van der Waals surface area contributed by atoms with Crippen molar-refractivity contribution in [3.8, 4) is 11.5 Å². The second-order valence-corrected chi connectivity index (χ2v) is 6.37. The first-order chi connectivity index (χ1) is 11.8. The molecule has 0 atom stereocenters. The molecule has 1 saturated heterocycles. The molecule has 1 aliphatic heterocycles. The Morgan fingerprint density at radius 1 is 1.36 bits per heavy atom. The van der Waals surface area contributed by atoms with E-state index in [9.17, 15) is 9.59 Å². The number of morpholine rings is 1. The lowest BCUT2D eigenvalue weighted by Crippen LogP contribution is -2.50. The van der Waals surface area contributed by atoms with Gasteiger partial charge in [0.25, 0.3) is 5.91 Å². The van der Waals surface area contributed by atoms with Crippen LogP contribution in [0.3, 0.4) is 0 Å². The lowest BCUT2D eigenvalue weighted by atomic mass is 10.1. The SMILES string of the molecule is COc1cc(/C=C/C(=O)N2CCOC(C)(C)C2)ccc1OCC(N)=O. The molecule has 136 valence electrons. The van der Waals surface area contributed by atoms with Crippen molar-refractivity contribution >= 4 is 17.9 Å². The lowest BCUT2D eigenvalue weighted by Gasteiger charge is -2.37. The number of hydrogen-bond acceptors (Lipinski definition) is 5. The van der Waals surface area contributed by atoms with E-state index in [0.717, 1.165) is 5.56 Å². The number of ether oxygens (including phenoxy) is 3. The molecule has 7 heteroatoms. The molecule has 1 aliphatic rings. The van der Waals surface area contributed by atoms with Crippen molar-refractivity contribution in [1.82, 2.24) is 4.90 Å². The summed E-state index contributed by atoms with van der Waals surface area (Å²) >= 11 is 0. The molecule has 0 bridgehead atoms. The third-order valence-corrected chi connectivity index (χ3v) is 3.71. The summed E-state index contributed by atoms with van der Waals surface area (Å²) in [5.74, 6) is 0.248. The first-order valence-electron chi connectivity index (χ1n) is 8.01. The summed E-state index contributed by atoms with van der Waals surface area (Å²) in [6.07, 6.45) is 3.24. The fourth-order valence-corrected chi connectivity index (χ4v) is 2.53. The predicted octanol–water partition coefficient (Wildman–Crippen LogP) is 1.21. The summed E-state index contributed by atoms with van der Waals surface area (Å²) in [7, 11) is 1.50. The van der Waals surface area contributed by atoms with Gasteiger partial charge < -0.3 is 24.8 Å². The van der Waals surface area contributed by atoms with Crippen LogP contribution in [0, 0.1) is 0 Å². The highest BCUT2D eigenvalue weighted by Gasteiger charge is 2.28. The van der Waals surface area contributed by atoms with Gasteiger partial charge in [0.05, 0.1) is 19.3 Å². The average Bonchev–Trinajstić information content (AvgIpc) is 2.57. The zero-order valence-electron chi connectivity index (χ0n) is 14.8. The van der Waals surface area contributed by atoms with Gasteiger partial charge in [0, 0.05) is 19.2 Å². The van der Waals surface area contributed by atoms with Crippen LogP contribution in [-0.4, -0.2) is 55.7 Å². The number of rotatable bonds is 6. The first-order valence-corrected chi connectivity index (χ1v) is 8.01. The highest BCUT2D eigenvalue weighted by atomic mass is 16.5. The Labute approximate surface area is 147 Å². The zero-order chi connectivity index (χ0) is 18.4. The van der Waals surface area contributed by atoms with Crippen molar-refractivity contribution in [3.63, 3.8) is 0 Å². The molecular formula is C18H24N2O5. The molecule has 2 rings (SSSR count). The molecule has 1 aromatic rings. The predicted molar refractivity (Wildman–Crippen MR) is 93.3 cm³/mol. The maximum absolute atomic E-state index is 12.3. The van der Waals surface area contributed by atoms with E-state index < -0.39 is 5.91 Å². The topological polar surface area (TPSA) is 91.1 Å². The minimum absolute atomic E-state index is 0.0654. The molecule has 7 nitrogen and oxygen atoms in total. The number of primary amides is 1. The van der Waals surface area contributed by atoms with Gasteiger partial charge in [-0.3, -0.25) is 9.59 Å². The minimum atomic E-state index is -0.565. The van der Waals surface area contributed by atoms with Gasteiger partial charge in [-0.25, -0.2) is 0 Å². The molecular weight excluding hydrogens is 324 g/mol. The number of hydrogen-bond donors (Lipinski definition) is 1. The van der Waals surface area contributed by atoms with Gasteiger partial charge in [0.2, 0.25) is 5.91 Å². The Morgan fingerprint density at radius 3 is 2.76 bits per heavy atom. The van der Waals surface area contributed by atoms with Gasteiger partial charge in [0.1, 0.15) is 0 Å². The van der Waals surface area contributed by atoms with E-state index in [1.54, 1.807) is 29.2 Å². The van der Waals surface area contributed by atoms with Crippen LogP contribution in [0.25, 0.3) is 6.08 Å². The van der Waals surface area contributed by atoms with E-state index in [1.807, 2.05) is 13.8 Å². The highest BCUT2D eigenvalue weighted by molar-refractivity contribution is 5.92. The molecule has 0 radical (unpaired) electrons. The van der Waals surface area contributed by atoms with Gasteiger partial charge in [-0.05, 0) is 37.6 Å². The van der Waals surface area contributed by atoms with Gasteiger partial charge in [-0.15, -0.1) is 0 Å².